The fraction of sp³-hybridized carbons (Fsp3) is 0.500. The molecule has 0 atom stereocenters. The van der Waals surface area contributed by atoms with E-state index in [-0.39, 0.29) is 0 Å². The molecule has 0 spiro atoms. The molecule has 0 amide bonds. The molecule has 2 heterocycles. The number of aliphatic carboxylic acids is 1. The van der Waals surface area contributed by atoms with Gasteiger partial charge in [0.15, 0.2) is 10.5 Å². The van der Waals surface area contributed by atoms with Gasteiger partial charge >= 0.3 is 5.97 Å². The molecule has 6 heteroatoms. The molecule has 1 saturated carbocycles. The summed E-state index contributed by atoms with van der Waals surface area (Å²) in [5, 5.41) is 10.3. The lowest BCUT2D eigenvalue weighted by Gasteiger charge is -2.21. The smallest absolute Gasteiger partial charge is 0.310 e. The first kappa shape index (κ1) is 11.5. The first-order chi connectivity index (χ1) is 8.70. The number of aromatic nitrogens is 3. The van der Waals surface area contributed by atoms with Crippen LogP contribution in [0.5, 0.6) is 0 Å². The SMILES string of the molecule is O=C(O)C1(Cc2nc3nccnc3s2)CCCC1. The van der Waals surface area contributed by atoms with Gasteiger partial charge in [-0.25, -0.2) is 15.0 Å². The number of carboxylic acids is 1. The van der Waals surface area contributed by atoms with Crippen LogP contribution in [0.3, 0.4) is 0 Å². The summed E-state index contributed by atoms with van der Waals surface area (Å²) in [7, 11) is 0. The number of thiazole rings is 1. The van der Waals surface area contributed by atoms with Gasteiger partial charge in [-0.2, -0.15) is 0 Å². The van der Waals surface area contributed by atoms with Crippen molar-refractivity contribution >= 4 is 27.8 Å². The van der Waals surface area contributed by atoms with Crippen LogP contribution in [-0.4, -0.2) is 26.0 Å². The molecule has 1 N–H and O–H groups in total. The minimum Gasteiger partial charge on any atom is -0.481 e. The highest BCUT2D eigenvalue weighted by Gasteiger charge is 2.42. The summed E-state index contributed by atoms with van der Waals surface area (Å²) in [5.74, 6) is -0.694. The van der Waals surface area contributed by atoms with Crippen molar-refractivity contribution in [1.82, 2.24) is 15.0 Å². The number of carbonyl (C=O) groups is 1. The van der Waals surface area contributed by atoms with E-state index < -0.39 is 11.4 Å². The highest BCUT2D eigenvalue weighted by molar-refractivity contribution is 7.18. The first-order valence-electron chi connectivity index (χ1n) is 5.99. The van der Waals surface area contributed by atoms with Gasteiger partial charge in [0.05, 0.1) is 10.4 Å². The van der Waals surface area contributed by atoms with Crippen molar-refractivity contribution in [3.8, 4) is 0 Å². The molecule has 0 aromatic carbocycles. The highest BCUT2D eigenvalue weighted by atomic mass is 32.1. The van der Waals surface area contributed by atoms with Gasteiger partial charge in [0.25, 0.3) is 0 Å². The summed E-state index contributed by atoms with van der Waals surface area (Å²) < 4.78 is 0. The topological polar surface area (TPSA) is 76.0 Å². The molecule has 94 valence electrons. The number of hydrogen-bond donors (Lipinski definition) is 1. The van der Waals surface area contributed by atoms with E-state index in [0.29, 0.717) is 12.1 Å². The third-order valence-corrected chi connectivity index (χ3v) is 4.55. The number of fused-ring (bicyclic) bond motifs is 1. The Hall–Kier alpha value is -1.56. The Kier molecular flexibility index (Phi) is 2.74. The van der Waals surface area contributed by atoms with E-state index in [1.54, 1.807) is 12.4 Å². The molecule has 2 aromatic rings. The molecule has 0 radical (unpaired) electrons. The van der Waals surface area contributed by atoms with Crippen molar-refractivity contribution < 1.29 is 9.90 Å². The highest BCUT2D eigenvalue weighted by Crippen LogP contribution is 2.42. The summed E-state index contributed by atoms with van der Waals surface area (Å²) >= 11 is 1.45. The molecule has 1 aliphatic carbocycles. The van der Waals surface area contributed by atoms with Gasteiger partial charge < -0.3 is 5.11 Å². The lowest BCUT2D eigenvalue weighted by molar-refractivity contribution is -0.148. The van der Waals surface area contributed by atoms with Gasteiger partial charge in [0.1, 0.15) is 0 Å². The Morgan fingerprint density at radius 2 is 2.06 bits per heavy atom. The molecular weight excluding hydrogens is 250 g/mol. The summed E-state index contributed by atoms with van der Waals surface area (Å²) in [6.07, 6.45) is 7.23. The molecule has 1 fully saturated rings. The molecule has 0 aliphatic heterocycles. The Morgan fingerprint density at radius 1 is 1.33 bits per heavy atom. The van der Waals surface area contributed by atoms with Crippen molar-refractivity contribution in [2.45, 2.75) is 32.1 Å². The third kappa shape index (κ3) is 1.86. The molecule has 3 rings (SSSR count). The van der Waals surface area contributed by atoms with Crippen LogP contribution in [0, 0.1) is 5.41 Å². The third-order valence-electron chi connectivity index (χ3n) is 3.60. The number of nitrogens with zero attached hydrogens (tertiary/aromatic N) is 3. The fourth-order valence-electron chi connectivity index (χ4n) is 2.60. The van der Waals surface area contributed by atoms with E-state index in [4.69, 9.17) is 0 Å². The maximum absolute atomic E-state index is 11.5. The summed E-state index contributed by atoms with van der Waals surface area (Å²) in [4.78, 5) is 25.0. The van der Waals surface area contributed by atoms with Crippen molar-refractivity contribution in [2.24, 2.45) is 5.41 Å². The van der Waals surface area contributed by atoms with Gasteiger partial charge in [-0.1, -0.05) is 24.2 Å². The number of carboxylic acid groups (broad SMARTS) is 1. The van der Waals surface area contributed by atoms with Gasteiger partial charge in [-0.3, -0.25) is 4.79 Å². The summed E-state index contributed by atoms with van der Waals surface area (Å²) in [6.45, 7) is 0. The predicted octanol–water partition coefficient (Wildman–Crippen LogP) is 2.27. The Morgan fingerprint density at radius 3 is 2.72 bits per heavy atom. The molecule has 0 bridgehead atoms. The molecular formula is C12H13N3O2S. The van der Waals surface area contributed by atoms with E-state index in [1.807, 2.05) is 0 Å². The summed E-state index contributed by atoms with van der Waals surface area (Å²) in [6, 6.07) is 0. The Labute approximate surface area is 108 Å². The molecule has 1 aliphatic rings. The zero-order chi connectivity index (χ0) is 12.6. The van der Waals surface area contributed by atoms with Crippen LogP contribution in [0.4, 0.5) is 0 Å². The van der Waals surface area contributed by atoms with Crippen LogP contribution in [0.25, 0.3) is 10.5 Å². The van der Waals surface area contributed by atoms with Crippen molar-refractivity contribution in [2.75, 3.05) is 0 Å². The molecule has 2 aromatic heterocycles. The average Bonchev–Trinajstić information content (AvgIpc) is 2.95. The van der Waals surface area contributed by atoms with Gasteiger partial charge in [-0.05, 0) is 12.8 Å². The van der Waals surface area contributed by atoms with Crippen LogP contribution >= 0.6 is 11.3 Å². The van der Waals surface area contributed by atoms with Crippen LogP contribution in [-0.2, 0) is 11.2 Å². The van der Waals surface area contributed by atoms with Crippen LogP contribution in [0.1, 0.15) is 30.7 Å². The number of hydrogen-bond acceptors (Lipinski definition) is 5. The van der Waals surface area contributed by atoms with Gasteiger partial charge in [-0.15, -0.1) is 0 Å². The second-order valence-electron chi connectivity index (χ2n) is 4.76. The van der Waals surface area contributed by atoms with Crippen molar-refractivity contribution in [3.63, 3.8) is 0 Å². The lowest BCUT2D eigenvalue weighted by Crippen LogP contribution is -2.30. The molecule has 0 saturated heterocycles. The zero-order valence-electron chi connectivity index (χ0n) is 9.80. The lowest BCUT2D eigenvalue weighted by atomic mass is 9.83. The van der Waals surface area contributed by atoms with Gasteiger partial charge in [0, 0.05) is 18.8 Å². The zero-order valence-corrected chi connectivity index (χ0v) is 10.6. The monoisotopic (exact) mass is 263 g/mol. The van der Waals surface area contributed by atoms with Crippen molar-refractivity contribution in [3.05, 3.63) is 17.4 Å². The standard InChI is InChI=1S/C12H13N3O2S/c16-11(17)12(3-1-2-4-12)7-8-15-9-10(18-8)14-6-5-13-9/h5-6H,1-4,7H2,(H,16,17). The predicted molar refractivity (Wildman–Crippen MR) is 67.5 cm³/mol. The van der Waals surface area contributed by atoms with E-state index in [0.717, 1.165) is 35.5 Å². The van der Waals surface area contributed by atoms with Crippen LogP contribution < -0.4 is 0 Å². The first-order valence-corrected chi connectivity index (χ1v) is 6.81. The van der Waals surface area contributed by atoms with Crippen LogP contribution in [0.2, 0.25) is 0 Å². The molecule has 18 heavy (non-hydrogen) atoms. The van der Waals surface area contributed by atoms with E-state index in [9.17, 15) is 9.90 Å². The average molecular weight is 263 g/mol. The van der Waals surface area contributed by atoms with E-state index in [1.165, 1.54) is 11.3 Å². The minimum atomic E-state index is -0.694. The minimum absolute atomic E-state index is 0.505. The van der Waals surface area contributed by atoms with Crippen LogP contribution in [0.15, 0.2) is 12.4 Å². The van der Waals surface area contributed by atoms with E-state index in [2.05, 4.69) is 15.0 Å². The molecule has 0 unspecified atom stereocenters. The molecule has 5 nitrogen and oxygen atoms in total. The normalized spacial score (nSPS) is 18.2. The Balaban J connectivity index is 1.93. The van der Waals surface area contributed by atoms with Crippen molar-refractivity contribution in [1.29, 1.82) is 0 Å². The maximum atomic E-state index is 11.5. The Bertz CT molecular complexity index is 557. The maximum Gasteiger partial charge on any atom is 0.310 e. The van der Waals surface area contributed by atoms with E-state index >= 15 is 0 Å². The number of rotatable bonds is 3. The fourth-order valence-corrected chi connectivity index (χ4v) is 3.61. The summed E-state index contributed by atoms with van der Waals surface area (Å²) in [5.41, 5.74) is 0.00414. The second-order valence-corrected chi connectivity index (χ2v) is 5.82. The van der Waals surface area contributed by atoms with Gasteiger partial charge in [0.2, 0.25) is 0 Å². The quantitative estimate of drug-likeness (QED) is 0.919. The largest absolute Gasteiger partial charge is 0.481 e. The second kappa shape index (κ2) is 4.28.